The Kier molecular flexibility index (Phi) is 5.81. The molecule has 2 N–H and O–H groups in total. The highest BCUT2D eigenvalue weighted by molar-refractivity contribution is 7.91. The number of hydrogen-bond donors (Lipinski definition) is 1. The molecular formula is C27H20N4O6S. The summed E-state index contributed by atoms with van der Waals surface area (Å²) in [7, 11) is -4.03. The lowest BCUT2D eigenvalue weighted by Crippen LogP contribution is -2.08. The first kappa shape index (κ1) is 23.4. The lowest BCUT2D eigenvalue weighted by Gasteiger charge is -2.15. The zero-order chi connectivity index (χ0) is 26.1. The highest BCUT2D eigenvalue weighted by Crippen LogP contribution is 2.40. The molecule has 0 atom stereocenters. The van der Waals surface area contributed by atoms with E-state index in [1.165, 1.54) is 18.2 Å². The molecule has 0 saturated heterocycles. The maximum absolute atomic E-state index is 13.5. The Hall–Kier alpha value is -5.03. The summed E-state index contributed by atoms with van der Waals surface area (Å²) >= 11 is 0. The monoisotopic (exact) mass is 528 g/mol. The fourth-order valence-corrected chi connectivity index (χ4v) is 5.18. The van der Waals surface area contributed by atoms with Crippen LogP contribution in [0, 0.1) is 0 Å². The van der Waals surface area contributed by atoms with E-state index in [0.29, 0.717) is 23.0 Å². The van der Waals surface area contributed by atoms with E-state index in [0.717, 1.165) is 5.69 Å². The number of imidazole rings is 1. The maximum atomic E-state index is 13.5. The first-order chi connectivity index (χ1) is 18.5. The number of anilines is 1. The average molecular weight is 529 g/mol. The van der Waals surface area contributed by atoms with Crippen molar-refractivity contribution in [2.45, 2.75) is 9.79 Å². The van der Waals surface area contributed by atoms with Gasteiger partial charge in [0.15, 0.2) is 11.5 Å². The number of sulfone groups is 1. The Morgan fingerprint density at radius 1 is 0.842 bits per heavy atom. The number of pyridine rings is 1. The molecule has 11 heteroatoms. The second kappa shape index (κ2) is 9.45. The van der Waals surface area contributed by atoms with Crippen LogP contribution >= 0.6 is 0 Å². The fraction of sp³-hybridized carbons (Fsp3) is 0.0370. The van der Waals surface area contributed by atoms with Crippen LogP contribution in [0.3, 0.4) is 0 Å². The number of fused-ring (bicyclic) bond motifs is 1. The van der Waals surface area contributed by atoms with Gasteiger partial charge >= 0.3 is 0 Å². The number of ether oxygens (including phenoxy) is 4. The van der Waals surface area contributed by atoms with Crippen LogP contribution < -0.4 is 24.7 Å². The fourth-order valence-electron chi connectivity index (χ4n) is 3.81. The Morgan fingerprint density at radius 3 is 2.34 bits per heavy atom. The quantitative estimate of drug-likeness (QED) is 0.310. The molecule has 0 spiro atoms. The predicted molar refractivity (Wildman–Crippen MR) is 137 cm³/mol. The second-order valence-corrected chi connectivity index (χ2v) is 10.1. The lowest BCUT2D eigenvalue weighted by molar-refractivity contribution is 0.174. The highest BCUT2D eigenvalue weighted by Gasteiger charge is 2.27. The molecule has 0 saturated carbocycles. The Labute approximate surface area is 217 Å². The third kappa shape index (κ3) is 4.46. The Morgan fingerprint density at radius 2 is 1.58 bits per heavy atom. The van der Waals surface area contributed by atoms with Crippen LogP contribution in [0.15, 0.2) is 107 Å². The molecule has 10 nitrogen and oxygen atoms in total. The molecule has 0 amide bonds. The van der Waals surface area contributed by atoms with Gasteiger partial charge in [-0.25, -0.2) is 13.4 Å². The van der Waals surface area contributed by atoms with E-state index in [-0.39, 0.29) is 34.0 Å². The van der Waals surface area contributed by atoms with E-state index in [1.54, 1.807) is 61.1 Å². The molecule has 0 bridgehead atoms. The van der Waals surface area contributed by atoms with Crippen LogP contribution in [0.4, 0.5) is 5.69 Å². The second-order valence-electron chi connectivity index (χ2n) is 8.19. The largest absolute Gasteiger partial charge is 0.454 e. The minimum atomic E-state index is -4.03. The van der Waals surface area contributed by atoms with Crippen LogP contribution in [-0.4, -0.2) is 29.7 Å². The molecule has 2 aromatic heterocycles. The van der Waals surface area contributed by atoms with Crippen LogP contribution in [0.2, 0.25) is 0 Å². The standard InChI is InChI=1S/C27H20N4O6S/c28-22-15-25(38(32,33)21-4-2-1-3-5-21)27(36-19-8-6-18(7-9-19)31-13-12-29-16-31)30-26(22)37-20-10-11-23-24(14-20)35-17-34-23/h1-16H,17,28H2. The number of aromatic nitrogens is 3. The minimum Gasteiger partial charge on any atom is -0.454 e. The molecule has 0 aliphatic carbocycles. The highest BCUT2D eigenvalue weighted by atomic mass is 32.2. The summed E-state index contributed by atoms with van der Waals surface area (Å²) in [5.74, 6) is 1.63. The van der Waals surface area contributed by atoms with Gasteiger partial charge in [-0.05, 0) is 54.6 Å². The van der Waals surface area contributed by atoms with E-state index >= 15 is 0 Å². The number of rotatable bonds is 7. The summed E-state index contributed by atoms with van der Waals surface area (Å²) in [5.41, 5.74) is 7.09. The van der Waals surface area contributed by atoms with E-state index in [9.17, 15) is 8.42 Å². The van der Waals surface area contributed by atoms with Gasteiger partial charge in [-0.1, -0.05) is 18.2 Å². The van der Waals surface area contributed by atoms with Crippen molar-refractivity contribution in [3.05, 3.63) is 97.6 Å². The van der Waals surface area contributed by atoms with Crippen LogP contribution in [0.1, 0.15) is 0 Å². The van der Waals surface area contributed by atoms with Gasteiger partial charge in [0, 0.05) is 24.1 Å². The number of nitrogens with zero attached hydrogens (tertiary/aromatic N) is 3. The molecule has 5 aromatic rings. The molecule has 6 rings (SSSR count). The van der Waals surface area contributed by atoms with Crippen molar-refractivity contribution in [2.24, 2.45) is 0 Å². The number of benzene rings is 3. The molecule has 1 aliphatic heterocycles. The molecular weight excluding hydrogens is 508 g/mol. The summed E-state index contributed by atoms with van der Waals surface area (Å²) in [6.07, 6.45) is 5.15. The van der Waals surface area contributed by atoms with Crippen molar-refractivity contribution in [3.63, 3.8) is 0 Å². The van der Waals surface area contributed by atoms with Gasteiger partial charge in [0.2, 0.25) is 28.4 Å². The summed E-state index contributed by atoms with van der Waals surface area (Å²) in [6, 6.07) is 21.3. The molecule has 3 aromatic carbocycles. The number of hydrogen-bond acceptors (Lipinski definition) is 9. The minimum absolute atomic E-state index is 0.0139. The van der Waals surface area contributed by atoms with Crippen molar-refractivity contribution in [1.82, 2.24) is 14.5 Å². The van der Waals surface area contributed by atoms with Crippen molar-refractivity contribution >= 4 is 15.5 Å². The molecule has 190 valence electrons. The predicted octanol–water partition coefficient (Wildman–Crippen LogP) is 5.00. The Bertz CT molecular complexity index is 1710. The number of nitrogen functional groups attached to an aromatic ring is 1. The summed E-state index contributed by atoms with van der Waals surface area (Å²) in [4.78, 5) is 8.31. The van der Waals surface area contributed by atoms with E-state index in [2.05, 4.69) is 9.97 Å². The van der Waals surface area contributed by atoms with E-state index < -0.39 is 9.84 Å². The number of nitrogens with two attached hydrogens (primary N) is 1. The van der Waals surface area contributed by atoms with Crippen molar-refractivity contribution in [1.29, 1.82) is 0 Å². The van der Waals surface area contributed by atoms with E-state index in [4.69, 9.17) is 24.7 Å². The van der Waals surface area contributed by atoms with Gasteiger partial charge in [0.25, 0.3) is 0 Å². The SMILES string of the molecule is Nc1cc(S(=O)(=O)c2ccccc2)c(Oc2ccc(-n3ccnc3)cc2)nc1Oc1ccc2c(c1)OCO2. The normalized spacial score (nSPS) is 12.3. The van der Waals surface area contributed by atoms with Gasteiger partial charge in [-0.2, -0.15) is 4.98 Å². The smallest absolute Gasteiger partial charge is 0.246 e. The van der Waals surface area contributed by atoms with Gasteiger partial charge in [-0.3, -0.25) is 0 Å². The van der Waals surface area contributed by atoms with Crippen LogP contribution in [0.25, 0.3) is 5.69 Å². The van der Waals surface area contributed by atoms with Gasteiger partial charge in [0.1, 0.15) is 16.4 Å². The zero-order valence-corrected chi connectivity index (χ0v) is 20.5. The van der Waals surface area contributed by atoms with Crippen molar-refractivity contribution in [2.75, 3.05) is 12.5 Å². The summed E-state index contributed by atoms with van der Waals surface area (Å²) in [6.45, 7) is 0.114. The average Bonchev–Trinajstić information content (AvgIpc) is 3.64. The third-order valence-corrected chi connectivity index (χ3v) is 7.47. The van der Waals surface area contributed by atoms with E-state index in [1.807, 2.05) is 22.9 Å². The maximum Gasteiger partial charge on any atom is 0.246 e. The summed E-state index contributed by atoms with van der Waals surface area (Å²) < 4.78 is 51.5. The third-order valence-electron chi connectivity index (χ3n) is 5.70. The molecule has 0 radical (unpaired) electrons. The first-order valence-electron chi connectivity index (χ1n) is 11.4. The van der Waals surface area contributed by atoms with Gasteiger partial charge < -0.3 is 29.2 Å². The van der Waals surface area contributed by atoms with Gasteiger partial charge in [0.05, 0.1) is 16.9 Å². The topological polar surface area (TPSA) is 128 Å². The Balaban J connectivity index is 1.39. The first-order valence-corrected chi connectivity index (χ1v) is 12.9. The molecule has 0 fully saturated rings. The molecule has 38 heavy (non-hydrogen) atoms. The molecule has 0 unspecified atom stereocenters. The van der Waals surface area contributed by atoms with Crippen molar-refractivity contribution in [3.8, 4) is 40.4 Å². The summed E-state index contributed by atoms with van der Waals surface area (Å²) in [5, 5.41) is 0. The molecule has 3 heterocycles. The van der Waals surface area contributed by atoms with Crippen LogP contribution in [-0.2, 0) is 9.84 Å². The van der Waals surface area contributed by atoms with Gasteiger partial charge in [-0.15, -0.1) is 0 Å². The lowest BCUT2D eigenvalue weighted by atomic mass is 10.3. The van der Waals surface area contributed by atoms with Crippen molar-refractivity contribution < 1.29 is 27.4 Å². The van der Waals surface area contributed by atoms with Crippen LogP contribution in [0.5, 0.6) is 34.8 Å². The zero-order valence-electron chi connectivity index (χ0n) is 19.7. The molecule has 1 aliphatic rings.